The van der Waals surface area contributed by atoms with Crippen molar-refractivity contribution >= 4 is 17.2 Å². The van der Waals surface area contributed by atoms with Crippen LogP contribution in [-0.2, 0) is 4.79 Å². The summed E-state index contributed by atoms with van der Waals surface area (Å²) in [5.74, 6) is 0.0306. The Kier molecular flexibility index (Phi) is 1.59. The Morgan fingerprint density at radius 3 is 3.18 bits per heavy atom. The summed E-state index contributed by atoms with van der Waals surface area (Å²) in [6.45, 7) is 0.391. The Hall–Kier alpha value is -0.940. The molecule has 0 radical (unpaired) electrons. The molecule has 1 aliphatic heterocycles. The minimum absolute atomic E-state index is 0.0306. The Morgan fingerprint density at radius 2 is 2.64 bits per heavy atom. The molecule has 0 spiro atoms. The molecule has 2 heterocycles. The van der Waals surface area contributed by atoms with Crippen molar-refractivity contribution in [2.45, 2.75) is 6.17 Å². The van der Waals surface area contributed by atoms with E-state index in [0.29, 0.717) is 6.54 Å². The van der Waals surface area contributed by atoms with Crippen LogP contribution in [0, 0.1) is 0 Å². The van der Waals surface area contributed by atoms with E-state index >= 15 is 0 Å². The summed E-state index contributed by atoms with van der Waals surface area (Å²) in [5, 5.41) is 7.66. The molecule has 1 aromatic rings. The maximum atomic E-state index is 10.8. The molecule has 58 valence electrons. The summed E-state index contributed by atoms with van der Waals surface area (Å²) in [7, 11) is 0. The van der Waals surface area contributed by atoms with Gasteiger partial charge in [-0.3, -0.25) is 10.1 Å². The van der Waals surface area contributed by atoms with E-state index in [9.17, 15) is 4.79 Å². The third-order valence-electron chi connectivity index (χ3n) is 1.52. The standard InChI is InChI=1S/C6H7N3OS/c10-5-1-7-6(9-5)4-2-11-3-8-4/h2-3,6-7H,1H2,(H,9,10). The second-order valence-electron chi connectivity index (χ2n) is 2.29. The van der Waals surface area contributed by atoms with E-state index < -0.39 is 0 Å². The molecule has 11 heavy (non-hydrogen) atoms. The molecule has 0 bridgehead atoms. The van der Waals surface area contributed by atoms with Crippen LogP contribution in [0.4, 0.5) is 0 Å². The van der Waals surface area contributed by atoms with Gasteiger partial charge in [0.25, 0.3) is 0 Å². The lowest BCUT2D eigenvalue weighted by Gasteiger charge is -2.04. The van der Waals surface area contributed by atoms with Gasteiger partial charge in [0, 0.05) is 5.38 Å². The molecule has 5 heteroatoms. The minimum Gasteiger partial charge on any atom is -0.334 e. The van der Waals surface area contributed by atoms with Gasteiger partial charge in [-0.25, -0.2) is 4.98 Å². The number of nitrogens with one attached hydrogen (secondary N) is 2. The number of hydrogen-bond acceptors (Lipinski definition) is 4. The summed E-state index contributed by atoms with van der Waals surface area (Å²) in [5.41, 5.74) is 2.64. The molecule has 1 aromatic heterocycles. The minimum atomic E-state index is -0.0752. The number of hydrogen-bond donors (Lipinski definition) is 2. The molecular weight excluding hydrogens is 162 g/mol. The van der Waals surface area contributed by atoms with Gasteiger partial charge in [0.15, 0.2) is 0 Å². The van der Waals surface area contributed by atoms with E-state index in [1.165, 1.54) is 11.3 Å². The van der Waals surface area contributed by atoms with Crippen LogP contribution in [0.5, 0.6) is 0 Å². The smallest absolute Gasteiger partial charge is 0.235 e. The third kappa shape index (κ3) is 1.24. The number of thiazole rings is 1. The second kappa shape index (κ2) is 2.60. The number of carbonyl (C=O) groups excluding carboxylic acids is 1. The van der Waals surface area contributed by atoms with Gasteiger partial charge in [-0.15, -0.1) is 11.3 Å². The molecule has 0 saturated carbocycles. The van der Waals surface area contributed by atoms with Crippen molar-refractivity contribution in [1.29, 1.82) is 0 Å². The molecular formula is C6H7N3OS. The fourth-order valence-electron chi connectivity index (χ4n) is 1.00. The van der Waals surface area contributed by atoms with Crippen molar-refractivity contribution in [3.05, 3.63) is 16.6 Å². The highest BCUT2D eigenvalue weighted by molar-refractivity contribution is 7.07. The Bertz CT molecular complexity index is 259. The summed E-state index contributed by atoms with van der Waals surface area (Å²) in [6.07, 6.45) is -0.0752. The molecule has 1 amide bonds. The summed E-state index contributed by atoms with van der Waals surface area (Å²) >= 11 is 1.53. The molecule has 1 fully saturated rings. The zero-order chi connectivity index (χ0) is 7.68. The SMILES string of the molecule is O=C1CNC(c2cscn2)N1. The third-order valence-corrected chi connectivity index (χ3v) is 2.12. The van der Waals surface area contributed by atoms with Crippen LogP contribution in [-0.4, -0.2) is 17.4 Å². The number of carbonyl (C=O) groups is 1. The maximum absolute atomic E-state index is 10.8. The molecule has 4 nitrogen and oxygen atoms in total. The van der Waals surface area contributed by atoms with Crippen LogP contribution < -0.4 is 10.6 Å². The van der Waals surface area contributed by atoms with E-state index in [-0.39, 0.29) is 12.1 Å². The highest BCUT2D eigenvalue weighted by atomic mass is 32.1. The molecule has 2 rings (SSSR count). The van der Waals surface area contributed by atoms with Crippen LogP contribution >= 0.6 is 11.3 Å². The van der Waals surface area contributed by atoms with Gasteiger partial charge in [0.2, 0.25) is 5.91 Å². The average molecular weight is 169 g/mol. The molecule has 2 N–H and O–H groups in total. The first kappa shape index (κ1) is 6.75. The lowest BCUT2D eigenvalue weighted by atomic mass is 10.4. The van der Waals surface area contributed by atoms with Crippen molar-refractivity contribution in [2.24, 2.45) is 0 Å². The Morgan fingerprint density at radius 1 is 1.73 bits per heavy atom. The predicted molar refractivity (Wildman–Crippen MR) is 41.0 cm³/mol. The topological polar surface area (TPSA) is 54.0 Å². The Labute approximate surface area is 67.6 Å². The quantitative estimate of drug-likeness (QED) is 0.615. The van der Waals surface area contributed by atoms with Crippen LogP contribution in [0.3, 0.4) is 0 Å². The number of nitrogens with zero attached hydrogens (tertiary/aromatic N) is 1. The van der Waals surface area contributed by atoms with E-state index in [1.807, 2.05) is 5.38 Å². The molecule has 1 aliphatic rings. The number of amides is 1. The van der Waals surface area contributed by atoms with Crippen LogP contribution in [0.1, 0.15) is 11.9 Å². The van der Waals surface area contributed by atoms with Gasteiger partial charge in [-0.1, -0.05) is 0 Å². The number of rotatable bonds is 1. The lowest BCUT2D eigenvalue weighted by molar-refractivity contribution is -0.118. The monoisotopic (exact) mass is 169 g/mol. The predicted octanol–water partition coefficient (Wildman–Crippen LogP) is -0.139. The van der Waals surface area contributed by atoms with Gasteiger partial charge in [-0.2, -0.15) is 0 Å². The van der Waals surface area contributed by atoms with Crippen LogP contribution in [0.2, 0.25) is 0 Å². The van der Waals surface area contributed by atoms with Gasteiger partial charge in [0.05, 0.1) is 17.7 Å². The average Bonchev–Trinajstić information content (AvgIpc) is 2.55. The van der Waals surface area contributed by atoms with Crippen LogP contribution in [0.25, 0.3) is 0 Å². The van der Waals surface area contributed by atoms with E-state index in [0.717, 1.165) is 5.69 Å². The highest BCUT2D eigenvalue weighted by Gasteiger charge is 2.22. The van der Waals surface area contributed by atoms with Crippen molar-refractivity contribution in [3.8, 4) is 0 Å². The van der Waals surface area contributed by atoms with E-state index in [1.54, 1.807) is 5.51 Å². The Balaban J connectivity index is 2.13. The fraction of sp³-hybridized carbons (Fsp3) is 0.333. The van der Waals surface area contributed by atoms with Crippen molar-refractivity contribution in [1.82, 2.24) is 15.6 Å². The normalized spacial score (nSPS) is 23.6. The maximum Gasteiger partial charge on any atom is 0.235 e. The van der Waals surface area contributed by atoms with E-state index in [4.69, 9.17) is 0 Å². The molecule has 0 aromatic carbocycles. The molecule has 1 unspecified atom stereocenters. The second-order valence-corrected chi connectivity index (χ2v) is 3.01. The fourth-order valence-corrected chi connectivity index (χ4v) is 1.58. The zero-order valence-corrected chi connectivity index (χ0v) is 6.52. The summed E-state index contributed by atoms with van der Waals surface area (Å²) < 4.78 is 0. The molecule has 1 atom stereocenters. The van der Waals surface area contributed by atoms with Gasteiger partial charge in [0.1, 0.15) is 6.17 Å². The summed E-state index contributed by atoms with van der Waals surface area (Å²) in [6, 6.07) is 0. The lowest BCUT2D eigenvalue weighted by Crippen LogP contribution is -2.22. The zero-order valence-electron chi connectivity index (χ0n) is 5.70. The van der Waals surface area contributed by atoms with Crippen molar-refractivity contribution in [2.75, 3.05) is 6.54 Å². The number of aromatic nitrogens is 1. The van der Waals surface area contributed by atoms with Gasteiger partial charge >= 0.3 is 0 Å². The van der Waals surface area contributed by atoms with Crippen molar-refractivity contribution < 1.29 is 4.79 Å². The van der Waals surface area contributed by atoms with E-state index in [2.05, 4.69) is 15.6 Å². The largest absolute Gasteiger partial charge is 0.334 e. The first-order valence-corrected chi connectivity index (χ1v) is 4.21. The van der Waals surface area contributed by atoms with Gasteiger partial charge in [-0.05, 0) is 0 Å². The first-order chi connectivity index (χ1) is 5.36. The van der Waals surface area contributed by atoms with Crippen molar-refractivity contribution in [3.63, 3.8) is 0 Å². The summed E-state index contributed by atoms with van der Waals surface area (Å²) in [4.78, 5) is 14.8. The first-order valence-electron chi connectivity index (χ1n) is 3.27. The molecule has 1 saturated heterocycles. The highest BCUT2D eigenvalue weighted by Crippen LogP contribution is 2.11. The molecule has 0 aliphatic carbocycles. The van der Waals surface area contributed by atoms with Gasteiger partial charge < -0.3 is 5.32 Å². The van der Waals surface area contributed by atoms with Crippen LogP contribution in [0.15, 0.2) is 10.9 Å².